The van der Waals surface area contributed by atoms with E-state index in [0.717, 1.165) is 11.4 Å². The van der Waals surface area contributed by atoms with E-state index >= 15 is 0 Å². The second-order valence-corrected chi connectivity index (χ2v) is 5.27. The highest BCUT2D eigenvalue weighted by Gasteiger charge is 2.15. The Hall–Kier alpha value is -3.15. The number of nitrogens with one attached hydrogen (secondary N) is 1. The number of carbonyl (C=O) groups excluding carboxylic acids is 1. The van der Waals surface area contributed by atoms with Crippen LogP contribution in [0.15, 0.2) is 48.7 Å². The van der Waals surface area contributed by atoms with Crippen molar-refractivity contribution in [2.75, 3.05) is 25.3 Å². The van der Waals surface area contributed by atoms with E-state index in [4.69, 9.17) is 18.9 Å². The lowest BCUT2D eigenvalue weighted by molar-refractivity contribution is 0.104. The zero-order valence-corrected chi connectivity index (χ0v) is 12.8. The first kappa shape index (κ1) is 14.4. The molecule has 122 valence electrons. The Labute approximate surface area is 138 Å². The van der Waals surface area contributed by atoms with E-state index in [2.05, 4.69) is 5.32 Å². The van der Waals surface area contributed by atoms with Crippen molar-refractivity contribution in [3.05, 3.63) is 54.2 Å². The third-order valence-corrected chi connectivity index (χ3v) is 3.68. The molecule has 0 saturated heterocycles. The van der Waals surface area contributed by atoms with Gasteiger partial charge >= 0.3 is 0 Å². The summed E-state index contributed by atoms with van der Waals surface area (Å²) in [4.78, 5) is 12.2. The van der Waals surface area contributed by atoms with E-state index in [-0.39, 0.29) is 12.6 Å². The van der Waals surface area contributed by atoms with E-state index in [9.17, 15) is 4.79 Å². The monoisotopic (exact) mass is 325 g/mol. The molecule has 0 radical (unpaired) electrons. The molecule has 0 saturated carbocycles. The second kappa shape index (κ2) is 6.16. The van der Waals surface area contributed by atoms with Crippen LogP contribution in [-0.2, 0) is 0 Å². The zero-order chi connectivity index (χ0) is 16.4. The Balaban J connectivity index is 1.42. The fourth-order valence-electron chi connectivity index (χ4n) is 2.49. The van der Waals surface area contributed by atoms with Gasteiger partial charge in [-0.05, 0) is 30.3 Å². The molecular weight excluding hydrogens is 310 g/mol. The van der Waals surface area contributed by atoms with Crippen LogP contribution < -0.4 is 24.3 Å². The number of hydrogen-bond donors (Lipinski definition) is 1. The number of carbonyl (C=O) groups is 1. The predicted octanol–water partition coefficient (Wildman–Crippen LogP) is 3.00. The van der Waals surface area contributed by atoms with E-state index in [1.165, 1.54) is 6.08 Å². The van der Waals surface area contributed by atoms with Crippen molar-refractivity contribution in [2.24, 2.45) is 0 Å². The number of ketones is 1. The van der Waals surface area contributed by atoms with Crippen LogP contribution >= 0.6 is 0 Å². The number of benzene rings is 2. The van der Waals surface area contributed by atoms with Gasteiger partial charge in [0.2, 0.25) is 6.79 Å². The van der Waals surface area contributed by atoms with Crippen molar-refractivity contribution in [1.29, 1.82) is 0 Å². The summed E-state index contributed by atoms with van der Waals surface area (Å²) in [5, 5.41) is 3.05. The van der Waals surface area contributed by atoms with Gasteiger partial charge in [0.15, 0.2) is 28.8 Å². The Morgan fingerprint density at radius 3 is 2.50 bits per heavy atom. The molecule has 24 heavy (non-hydrogen) atoms. The number of fused-ring (bicyclic) bond motifs is 2. The highest BCUT2D eigenvalue weighted by Crippen LogP contribution is 2.33. The first-order chi connectivity index (χ1) is 11.8. The van der Waals surface area contributed by atoms with E-state index in [1.54, 1.807) is 24.4 Å². The van der Waals surface area contributed by atoms with Crippen molar-refractivity contribution in [2.45, 2.75) is 0 Å². The zero-order valence-electron chi connectivity index (χ0n) is 12.8. The second-order valence-electron chi connectivity index (χ2n) is 5.27. The Morgan fingerprint density at radius 1 is 0.875 bits per heavy atom. The van der Waals surface area contributed by atoms with Crippen molar-refractivity contribution in [3.63, 3.8) is 0 Å². The number of anilines is 1. The topological polar surface area (TPSA) is 66.0 Å². The molecule has 6 heteroatoms. The van der Waals surface area contributed by atoms with Gasteiger partial charge < -0.3 is 24.3 Å². The molecule has 0 atom stereocenters. The number of ether oxygens (including phenoxy) is 4. The summed E-state index contributed by atoms with van der Waals surface area (Å²) in [5.74, 6) is 2.55. The van der Waals surface area contributed by atoms with Gasteiger partial charge in [0.25, 0.3) is 0 Å². The van der Waals surface area contributed by atoms with Gasteiger partial charge in [-0.2, -0.15) is 0 Å². The maximum Gasteiger partial charge on any atom is 0.231 e. The standard InChI is InChI=1S/C18H15NO5/c20-14(12-1-3-16-17(9-12)24-11-23-16)5-6-19-13-2-4-15-18(10-13)22-8-7-21-15/h1-6,9-10,19H,7-8,11H2/b6-5+. The highest BCUT2D eigenvalue weighted by molar-refractivity contribution is 6.05. The van der Waals surface area contributed by atoms with Crippen molar-refractivity contribution >= 4 is 11.5 Å². The van der Waals surface area contributed by atoms with Crippen molar-refractivity contribution in [3.8, 4) is 23.0 Å². The molecule has 0 fully saturated rings. The Bertz CT molecular complexity index is 815. The summed E-state index contributed by atoms with van der Waals surface area (Å²) in [6.07, 6.45) is 3.06. The van der Waals surface area contributed by atoms with Crippen LogP contribution in [0.2, 0.25) is 0 Å². The molecule has 0 unspecified atom stereocenters. The summed E-state index contributed by atoms with van der Waals surface area (Å²) in [6.45, 7) is 1.28. The lowest BCUT2D eigenvalue weighted by Crippen LogP contribution is -2.15. The average Bonchev–Trinajstić information content (AvgIpc) is 3.09. The third kappa shape index (κ3) is 2.86. The van der Waals surface area contributed by atoms with Crippen LogP contribution in [0.25, 0.3) is 0 Å². The molecule has 2 aliphatic rings. The fourth-order valence-corrected chi connectivity index (χ4v) is 2.49. The van der Waals surface area contributed by atoms with Crippen molar-refractivity contribution in [1.82, 2.24) is 0 Å². The Morgan fingerprint density at radius 2 is 1.58 bits per heavy atom. The number of rotatable bonds is 4. The van der Waals surface area contributed by atoms with Gasteiger partial charge in [0, 0.05) is 29.6 Å². The molecule has 6 nitrogen and oxygen atoms in total. The van der Waals surface area contributed by atoms with Crippen LogP contribution in [0.4, 0.5) is 5.69 Å². The van der Waals surface area contributed by atoms with Crippen LogP contribution in [0, 0.1) is 0 Å². The first-order valence-corrected chi connectivity index (χ1v) is 7.56. The van der Waals surface area contributed by atoms with Gasteiger partial charge in [-0.1, -0.05) is 0 Å². The number of hydrogen-bond acceptors (Lipinski definition) is 6. The minimum absolute atomic E-state index is 0.127. The first-order valence-electron chi connectivity index (χ1n) is 7.56. The van der Waals surface area contributed by atoms with Crippen LogP contribution in [0.3, 0.4) is 0 Å². The minimum atomic E-state index is -0.127. The van der Waals surface area contributed by atoms with Gasteiger partial charge in [-0.25, -0.2) is 0 Å². The minimum Gasteiger partial charge on any atom is -0.486 e. The van der Waals surface area contributed by atoms with Gasteiger partial charge in [0.05, 0.1) is 0 Å². The van der Waals surface area contributed by atoms with E-state index < -0.39 is 0 Å². The summed E-state index contributed by atoms with van der Waals surface area (Å²) in [6, 6.07) is 10.7. The average molecular weight is 325 g/mol. The van der Waals surface area contributed by atoms with Gasteiger partial charge in [0.1, 0.15) is 13.2 Å². The molecule has 2 heterocycles. The quantitative estimate of drug-likeness (QED) is 0.688. The molecule has 2 aromatic rings. The largest absolute Gasteiger partial charge is 0.486 e. The van der Waals surface area contributed by atoms with Crippen molar-refractivity contribution < 1.29 is 23.7 Å². The summed E-state index contributed by atoms with van der Waals surface area (Å²) >= 11 is 0. The smallest absolute Gasteiger partial charge is 0.231 e. The lowest BCUT2D eigenvalue weighted by atomic mass is 10.1. The molecular formula is C18H15NO5. The van der Waals surface area contributed by atoms with E-state index in [0.29, 0.717) is 36.0 Å². The Kier molecular flexibility index (Phi) is 3.70. The normalized spacial score (nSPS) is 14.7. The van der Waals surface area contributed by atoms with Gasteiger partial charge in [-0.15, -0.1) is 0 Å². The van der Waals surface area contributed by atoms with E-state index in [1.807, 2.05) is 18.2 Å². The summed E-state index contributed by atoms with van der Waals surface area (Å²) < 4.78 is 21.5. The highest BCUT2D eigenvalue weighted by atomic mass is 16.7. The maximum atomic E-state index is 12.2. The molecule has 0 spiro atoms. The SMILES string of the molecule is O=C(/C=C/Nc1ccc2c(c1)OCCO2)c1ccc2c(c1)OCO2. The number of allylic oxidation sites excluding steroid dienone is 1. The summed E-state index contributed by atoms with van der Waals surface area (Å²) in [7, 11) is 0. The molecule has 0 aromatic heterocycles. The molecule has 0 amide bonds. The molecule has 4 rings (SSSR count). The van der Waals surface area contributed by atoms with Crippen LogP contribution in [0.5, 0.6) is 23.0 Å². The summed E-state index contributed by atoms with van der Waals surface area (Å²) in [5.41, 5.74) is 1.36. The molecule has 2 aromatic carbocycles. The predicted molar refractivity (Wildman–Crippen MR) is 87.1 cm³/mol. The molecule has 2 aliphatic heterocycles. The van der Waals surface area contributed by atoms with Crippen LogP contribution in [0.1, 0.15) is 10.4 Å². The third-order valence-electron chi connectivity index (χ3n) is 3.68. The fraction of sp³-hybridized carbons (Fsp3) is 0.167. The van der Waals surface area contributed by atoms with Crippen LogP contribution in [-0.4, -0.2) is 25.8 Å². The molecule has 0 aliphatic carbocycles. The molecule has 1 N–H and O–H groups in total. The maximum absolute atomic E-state index is 12.2. The van der Waals surface area contributed by atoms with Gasteiger partial charge in [-0.3, -0.25) is 4.79 Å². The molecule has 0 bridgehead atoms. The lowest BCUT2D eigenvalue weighted by Gasteiger charge is -2.18.